The van der Waals surface area contributed by atoms with E-state index in [9.17, 15) is 0 Å². The summed E-state index contributed by atoms with van der Waals surface area (Å²) in [5.74, 6) is 0. The van der Waals surface area contributed by atoms with Gasteiger partial charge in [0.1, 0.15) is 0 Å². The number of piperazine rings is 1. The van der Waals surface area contributed by atoms with Crippen molar-refractivity contribution in [3.05, 3.63) is 63.8 Å². The van der Waals surface area contributed by atoms with E-state index in [1.807, 2.05) is 0 Å². The molecule has 4 heteroatoms. The maximum Gasteiger partial charge on any atom is 0.0727 e. The van der Waals surface area contributed by atoms with Gasteiger partial charge in [-0.25, -0.2) is 0 Å². The summed E-state index contributed by atoms with van der Waals surface area (Å²) < 4.78 is 1.13. The average Bonchev–Trinajstić information content (AvgIpc) is 3.15. The summed E-state index contributed by atoms with van der Waals surface area (Å²) in [5, 5.41) is 1.30. The third-order valence-electron chi connectivity index (χ3n) is 5.94. The van der Waals surface area contributed by atoms with E-state index in [0.29, 0.717) is 0 Å². The smallest absolute Gasteiger partial charge is 0.0727 e. The Bertz CT molecular complexity index is 989. The van der Waals surface area contributed by atoms with Crippen LogP contribution in [0.4, 0.5) is 11.4 Å². The highest BCUT2D eigenvalue weighted by molar-refractivity contribution is 9.10. The average molecular weight is 422 g/mol. The van der Waals surface area contributed by atoms with E-state index in [4.69, 9.17) is 4.98 Å². The lowest BCUT2D eigenvalue weighted by atomic mass is 10.0. The molecule has 1 saturated heterocycles. The minimum atomic E-state index is 1.06. The number of nitrogens with zero attached hydrogens (tertiary/aromatic N) is 3. The highest BCUT2D eigenvalue weighted by Crippen LogP contribution is 2.38. The quantitative estimate of drug-likeness (QED) is 0.572. The van der Waals surface area contributed by atoms with Crippen molar-refractivity contribution in [2.45, 2.75) is 26.2 Å². The van der Waals surface area contributed by atoms with Crippen LogP contribution in [0.1, 0.15) is 23.2 Å². The van der Waals surface area contributed by atoms with Crippen LogP contribution in [-0.2, 0) is 12.8 Å². The highest BCUT2D eigenvalue weighted by atomic mass is 79.9. The van der Waals surface area contributed by atoms with Crippen molar-refractivity contribution in [2.75, 3.05) is 36.0 Å². The fourth-order valence-corrected chi connectivity index (χ4v) is 4.88. The second kappa shape index (κ2) is 6.83. The standard InChI is InChI=1S/C23H24BrN3/c1-16-5-8-18(9-6-16)26-11-13-27(14-12-26)23-19-3-2-4-21(19)25-22-10-7-17(24)15-20(22)23/h5-10,15H,2-4,11-14H2,1H3. The molecule has 27 heavy (non-hydrogen) atoms. The first-order chi connectivity index (χ1) is 13.2. The molecule has 0 N–H and O–H groups in total. The van der Waals surface area contributed by atoms with Crippen LogP contribution in [0.15, 0.2) is 46.9 Å². The molecule has 0 spiro atoms. The van der Waals surface area contributed by atoms with E-state index in [0.717, 1.165) is 49.0 Å². The minimum Gasteiger partial charge on any atom is -0.368 e. The lowest BCUT2D eigenvalue weighted by Gasteiger charge is -2.38. The zero-order chi connectivity index (χ0) is 18.4. The summed E-state index contributed by atoms with van der Waals surface area (Å²) in [4.78, 5) is 10.1. The molecule has 2 aromatic carbocycles. The van der Waals surface area contributed by atoms with Crippen molar-refractivity contribution >= 4 is 38.2 Å². The predicted octanol–water partition coefficient (Wildman–Crippen LogP) is 5.12. The van der Waals surface area contributed by atoms with Crippen LogP contribution in [0.5, 0.6) is 0 Å². The first-order valence-electron chi connectivity index (χ1n) is 9.86. The van der Waals surface area contributed by atoms with Gasteiger partial charge in [-0.05, 0) is 62.1 Å². The number of fused-ring (bicyclic) bond motifs is 2. The molecular weight excluding hydrogens is 398 g/mol. The highest BCUT2D eigenvalue weighted by Gasteiger charge is 2.26. The van der Waals surface area contributed by atoms with Crippen molar-refractivity contribution < 1.29 is 0 Å². The summed E-state index contributed by atoms with van der Waals surface area (Å²) in [6.07, 6.45) is 3.52. The Morgan fingerprint density at radius 1 is 0.889 bits per heavy atom. The van der Waals surface area contributed by atoms with Gasteiger partial charge in [0, 0.05) is 47.4 Å². The molecule has 5 rings (SSSR count). The molecule has 3 aromatic rings. The zero-order valence-electron chi connectivity index (χ0n) is 15.7. The van der Waals surface area contributed by atoms with Crippen LogP contribution >= 0.6 is 15.9 Å². The number of hydrogen-bond acceptors (Lipinski definition) is 3. The number of hydrogen-bond donors (Lipinski definition) is 0. The first kappa shape index (κ1) is 17.1. The van der Waals surface area contributed by atoms with Gasteiger partial charge >= 0.3 is 0 Å². The molecule has 138 valence electrons. The molecule has 1 aliphatic carbocycles. The van der Waals surface area contributed by atoms with Crippen LogP contribution < -0.4 is 9.80 Å². The van der Waals surface area contributed by atoms with Gasteiger partial charge in [0.05, 0.1) is 11.2 Å². The topological polar surface area (TPSA) is 19.4 Å². The summed E-state index contributed by atoms with van der Waals surface area (Å²) >= 11 is 3.66. The second-order valence-corrected chi connectivity index (χ2v) is 8.63. The van der Waals surface area contributed by atoms with E-state index in [1.165, 1.54) is 40.0 Å². The maximum atomic E-state index is 4.97. The van der Waals surface area contributed by atoms with Crippen LogP contribution in [0.3, 0.4) is 0 Å². The number of anilines is 2. The molecule has 2 aliphatic rings. The molecule has 2 heterocycles. The van der Waals surface area contributed by atoms with Gasteiger partial charge in [0.15, 0.2) is 0 Å². The monoisotopic (exact) mass is 421 g/mol. The van der Waals surface area contributed by atoms with E-state index in [1.54, 1.807) is 0 Å². The third kappa shape index (κ3) is 3.10. The van der Waals surface area contributed by atoms with Crippen molar-refractivity contribution in [3.63, 3.8) is 0 Å². The SMILES string of the molecule is Cc1ccc(N2CCN(c3c4c(nc5ccc(Br)cc35)CCC4)CC2)cc1. The molecular formula is C23H24BrN3. The Kier molecular flexibility index (Phi) is 4.31. The molecule has 0 bridgehead atoms. The summed E-state index contributed by atoms with van der Waals surface area (Å²) in [6.45, 7) is 6.40. The number of rotatable bonds is 2. The van der Waals surface area contributed by atoms with Crippen LogP contribution in [0, 0.1) is 6.92 Å². The van der Waals surface area contributed by atoms with E-state index in [-0.39, 0.29) is 0 Å². The largest absolute Gasteiger partial charge is 0.368 e. The summed E-state index contributed by atoms with van der Waals surface area (Å²) in [7, 11) is 0. The summed E-state index contributed by atoms with van der Waals surface area (Å²) in [6, 6.07) is 15.4. The third-order valence-corrected chi connectivity index (χ3v) is 6.43. The van der Waals surface area contributed by atoms with Gasteiger partial charge in [-0.2, -0.15) is 0 Å². The molecule has 1 fully saturated rings. The Morgan fingerprint density at radius 2 is 1.63 bits per heavy atom. The van der Waals surface area contributed by atoms with Gasteiger partial charge < -0.3 is 9.80 Å². The Morgan fingerprint density at radius 3 is 2.41 bits per heavy atom. The van der Waals surface area contributed by atoms with Crippen LogP contribution in [0.2, 0.25) is 0 Å². The Hall–Kier alpha value is -2.07. The normalized spacial score (nSPS) is 16.8. The number of aryl methyl sites for hydroxylation is 2. The Labute approximate surface area is 169 Å². The van der Waals surface area contributed by atoms with Gasteiger partial charge in [-0.15, -0.1) is 0 Å². The van der Waals surface area contributed by atoms with Crippen molar-refractivity contribution in [1.29, 1.82) is 0 Å². The molecule has 0 amide bonds. The number of halogens is 1. The van der Waals surface area contributed by atoms with E-state index in [2.05, 4.69) is 75.1 Å². The molecule has 1 aromatic heterocycles. The number of aromatic nitrogens is 1. The number of pyridine rings is 1. The van der Waals surface area contributed by atoms with E-state index < -0.39 is 0 Å². The molecule has 0 saturated carbocycles. The minimum absolute atomic E-state index is 1.06. The zero-order valence-corrected chi connectivity index (χ0v) is 17.3. The van der Waals surface area contributed by atoms with Gasteiger partial charge in [0.25, 0.3) is 0 Å². The molecule has 0 atom stereocenters. The maximum absolute atomic E-state index is 4.97. The lowest BCUT2D eigenvalue weighted by molar-refractivity contribution is 0.653. The molecule has 3 nitrogen and oxygen atoms in total. The first-order valence-corrected chi connectivity index (χ1v) is 10.7. The van der Waals surface area contributed by atoms with Crippen molar-refractivity contribution in [2.24, 2.45) is 0 Å². The van der Waals surface area contributed by atoms with Crippen LogP contribution in [-0.4, -0.2) is 31.2 Å². The number of benzene rings is 2. The fraction of sp³-hybridized carbons (Fsp3) is 0.348. The molecule has 1 aliphatic heterocycles. The summed E-state index contributed by atoms with van der Waals surface area (Å²) in [5.41, 5.74) is 8.05. The van der Waals surface area contributed by atoms with E-state index >= 15 is 0 Å². The fourth-order valence-electron chi connectivity index (χ4n) is 4.51. The Balaban J connectivity index is 1.48. The van der Waals surface area contributed by atoms with Crippen molar-refractivity contribution in [1.82, 2.24) is 4.98 Å². The molecule has 0 radical (unpaired) electrons. The second-order valence-electron chi connectivity index (χ2n) is 7.71. The van der Waals surface area contributed by atoms with Crippen molar-refractivity contribution in [3.8, 4) is 0 Å². The predicted molar refractivity (Wildman–Crippen MR) is 117 cm³/mol. The van der Waals surface area contributed by atoms with Gasteiger partial charge in [-0.3, -0.25) is 4.98 Å². The van der Waals surface area contributed by atoms with Gasteiger partial charge in [-0.1, -0.05) is 33.6 Å². The lowest BCUT2D eigenvalue weighted by Crippen LogP contribution is -2.47. The van der Waals surface area contributed by atoms with Crippen LogP contribution in [0.25, 0.3) is 10.9 Å². The van der Waals surface area contributed by atoms with Gasteiger partial charge in [0.2, 0.25) is 0 Å². The molecule has 0 unspecified atom stereocenters.